The second-order valence-corrected chi connectivity index (χ2v) is 10.5. The molecule has 0 heterocycles. The molecular formula is C24H31ClN2O3S. The van der Waals surface area contributed by atoms with E-state index in [-0.39, 0.29) is 11.9 Å². The minimum atomic E-state index is -3.70. The molecule has 1 aliphatic rings. The number of benzene rings is 2. The molecule has 5 nitrogen and oxygen atoms in total. The molecular weight excluding hydrogens is 432 g/mol. The van der Waals surface area contributed by atoms with Crippen molar-refractivity contribution in [1.29, 1.82) is 0 Å². The van der Waals surface area contributed by atoms with Crippen LogP contribution in [0.15, 0.2) is 42.5 Å². The number of nitrogens with zero attached hydrogens (tertiary/aromatic N) is 1. The number of rotatable bonds is 8. The Hall–Kier alpha value is -2.05. The van der Waals surface area contributed by atoms with Gasteiger partial charge in [0.15, 0.2) is 0 Å². The summed E-state index contributed by atoms with van der Waals surface area (Å²) in [5.41, 5.74) is 4.21. The van der Waals surface area contributed by atoms with Crippen molar-refractivity contribution in [3.63, 3.8) is 0 Å². The van der Waals surface area contributed by atoms with Gasteiger partial charge in [0, 0.05) is 5.02 Å². The third-order valence-corrected chi connectivity index (χ3v) is 7.31. The highest BCUT2D eigenvalue weighted by molar-refractivity contribution is 7.92. The first-order valence-electron chi connectivity index (χ1n) is 10.9. The Morgan fingerprint density at radius 2 is 1.77 bits per heavy atom. The van der Waals surface area contributed by atoms with Gasteiger partial charge in [-0.2, -0.15) is 0 Å². The average Bonchev–Trinajstić information content (AvgIpc) is 2.74. The van der Waals surface area contributed by atoms with Crippen LogP contribution in [-0.4, -0.2) is 26.6 Å². The van der Waals surface area contributed by atoms with E-state index >= 15 is 0 Å². The van der Waals surface area contributed by atoms with E-state index in [1.165, 1.54) is 28.3 Å². The smallest absolute Gasteiger partial charge is 0.244 e. The Labute approximate surface area is 190 Å². The molecule has 3 rings (SSSR count). The number of halogens is 1. The fraction of sp³-hybridized carbons (Fsp3) is 0.458. The standard InChI is InChI=1S/C24H31ClN2O3S/c1-4-22(19-14-13-17-9-6-7-10-18(17)15-19)26-24(28)23(5-2)27(31(3,29)30)21-12-8-11-20(25)16-21/h8,11-16,22-23H,4-7,9-10H2,1-3H3,(H,26,28)/t22-,23-/m1/s1. The van der Waals surface area contributed by atoms with Gasteiger partial charge < -0.3 is 5.32 Å². The molecule has 31 heavy (non-hydrogen) atoms. The fourth-order valence-corrected chi connectivity index (χ4v) is 5.72. The maximum absolute atomic E-state index is 13.3. The molecule has 2 aromatic carbocycles. The van der Waals surface area contributed by atoms with Crippen molar-refractivity contribution < 1.29 is 13.2 Å². The first-order valence-corrected chi connectivity index (χ1v) is 13.1. The number of hydrogen-bond donors (Lipinski definition) is 1. The molecule has 0 aliphatic heterocycles. The number of sulfonamides is 1. The molecule has 0 aromatic heterocycles. The van der Waals surface area contributed by atoms with Gasteiger partial charge in [-0.3, -0.25) is 9.10 Å². The van der Waals surface area contributed by atoms with Gasteiger partial charge in [-0.05, 0) is 73.4 Å². The van der Waals surface area contributed by atoms with Crippen molar-refractivity contribution in [3.05, 3.63) is 64.2 Å². The summed E-state index contributed by atoms with van der Waals surface area (Å²) in [6, 6.07) is 12.0. The molecule has 0 spiro atoms. The van der Waals surface area contributed by atoms with Crippen molar-refractivity contribution in [2.75, 3.05) is 10.6 Å². The van der Waals surface area contributed by atoms with E-state index in [1.807, 2.05) is 13.8 Å². The number of nitrogens with one attached hydrogen (secondary N) is 1. The zero-order valence-corrected chi connectivity index (χ0v) is 20.0. The van der Waals surface area contributed by atoms with Gasteiger partial charge in [-0.15, -0.1) is 0 Å². The Morgan fingerprint density at radius 1 is 1.06 bits per heavy atom. The summed E-state index contributed by atoms with van der Waals surface area (Å²) in [6.07, 6.45) is 6.78. The Balaban J connectivity index is 1.87. The number of carbonyl (C=O) groups is 1. The Morgan fingerprint density at radius 3 is 2.39 bits per heavy atom. The zero-order valence-electron chi connectivity index (χ0n) is 18.4. The second-order valence-electron chi connectivity index (χ2n) is 8.17. The predicted molar refractivity (Wildman–Crippen MR) is 127 cm³/mol. The minimum Gasteiger partial charge on any atom is -0.347 e. The molecule has 0 fully saturated rings. The van der Waals surface area contributed by atoms with Crippen molar-refractivity contribution in [3.8, 4) is 0 Å². The quantitative estimate of drug-likeness (QED) is 0.598. The second kappa shape index (κ2) is 10.0. The van der Waals surface area contributed by atoms with Crippen LogP contribution in [0.25, 0.3) is 0 Å². The number of anilines is 1. The van der Waals surface area contributed by atoms with Gasteiger partial charge in [0.05, 0.1) is 18.0 Å². The summed E-state index contributed by atoms with van der Waals surface area (Å²) < 4.78 is 26.4. The number of carbonyl (C=O) groups excluding carboxylic acids is 1. The number of fused-ring (bicyclic) bond motifs is 1. The number of amides is 1. The first kappa shape index (κ1) is 23.6. The van der Waals surface area contributed by atoms with Crippen molar-refractivity contribution in [2.45, 2.75) is 64.5 Å². The lowest BCUT2D eigenvalue weighted by atomic mass is 9.88. The molecule has 0 unspecified atom stereocenters. The van der Waals surface area contributed by atoms with Gasteiger partial charge in [-0.1, -0.05) is 49.7 Å². The minimum absolute atomic E-state index is 0.172. The summed E-state index contributed by atoms with van der Waals surface area (Å²) in [5.74, 6) is -0.308. The maximum Gasteiger partial charge on any atom is 0.244 e. The van der Waals surface area contributed by atoms with E-state index in [9.17, 15) is 13.2 Å². The normalized spacial score (nSPS) is 15.6. The van der Waals surface area contributed by atoms with E-state index in [2.05, 4.69) is 23.5 Å². The highest BCUT2D eigenvalue weighted by Gasteiger charge is 2.32. The SMILES string of the molecule is CC[C@H](C(=O)N[C@H](CC)c1ccc2c(c1)CCCC2)N(c1cccc(Cl)c1)S(C)(=O)=O. The monoisotopic (exact) mass is 462 g/mol. The fourth-order valence-electron chi connectivity index (χ4n) is 4.33. The summed E-state index contributed by atoms with van der Waals surface area (Å²) >= 11 is 6.09. The van der Waals surface area contributed by atoms with E-state index in [4.69, 9.17) is 11.6 Å². The molecule has 0 radical (unpaired) electrons. The molecule has 1 amide bonds. The molecule has 1 N–H and O–H groups in total. The summed E-state index contributed by atoms with van der Waals surface area (Å²) in [5, 5.41) is 3.52. The topological polar surface area (TPSA) is 66.5 Å². The predicted octanol–water partition coefficient (Wildman–Crippen LogP) is 5.03. The van der Waals surface area contributed by atoms with Crippen molar-refractivity contribution in [1.82, 2.24) is 5.32 Å². The molecule has 2 atom stereocenters. The van der Waals surface area contributed by atoms with Crippen LogP contribution in [0.1, 0.15) is 62.3 Å². The zero-order chi connectivity index (χ0) is 22.6. The van der Waals surface area contributed by atoms with Crippen LogP contribution in [-0.2, 0) is 27.7 Å². The lowest BCUT2D eigenvalue weighted by Gasteiger charge is -2.31. The molecule has 2 aromatic rings. The average molecular weight is 463 g/mol. The van der Waals surface area contributed by atoms with Crippen LogP contribution >= 0.6 is 11.6 Å². The third kappa shape index (κ3) is 5.60. The Bertz CT molecular complexity index is 1040. The highest BCUT2D eigenvalue weighted by Crippen LogP contribution is 2.28. The lowest BCUT2D eigenvalue weighted by molar-refractivity contribution is -0.123. The van der Waals surface area contributed by atoms with Crippen molar-refractivity contribution >= 4 is 33.2 Å². The molecule has 0 saturated heterocycles. The van der Waals surface area contributed by atoms with E-state index in [1.54, 1.807) is 24.3 Å². The molecule has 0 saturated carbocycles. The largest absolute Gasteiger partial charge is 0.347 e. The van der Waals surface area contributed by atoms with Crippen LogP contribution in [0.4, 0.5) is 5.69 Å². The summed E-state index contributed by atoms with van der Waals surface area (Å²) in [4.78, 5) is 13.3. The maximum atomic E-state index is 13.3. The van der Waals surface area contributed by atoms with Crippen LogP contribution in [0.5, 0.6) is 0 Å². The van der Waals surface area contributed by atoms with E-state index in [0.717, 1.165) is 31.1 Å². The van der Waals surface area contributed by atoms with Crippen LogP contribution in [0, 0.1) is 0 Å². The van der Waals surface area contributed by atoms with Crippen LogP contribution < -0.4 is 9.62 Å². The van der Waals surface area contributed by atoms with Gasteiger partial charge >= 0.3 is 0 Å². The van der Waals surface area contributed by atoms with E-state index in [0.29, 0.717) is 17.1 Å². The number of hydrogen-bond acceptors (Lipinski definition) is 3. The molecule has 7 heteroatoms. The van der Waals surface area contributed by atoms with Crippen LogP contribution in [0.3, 0.4) is 0 Å². The molecule has 0 bridgehead atoms. The lowest BCUT2D eigenvalue weighted by Crippen LogP contribution is -2.50. The van der Waals surface area contributed by atoms with Crippen molar-refractivity contribution in [2.24, 2.45) is 0 Å². The molecule has 1 aliphatic carbocycles. The van der Waals surface area contributed by atoms with Gasteiger partial charge in [0.25, 0.3) is 0 Å². The number of aryl methyl sites for hydroxylation is 2. The summed E-state index contributed by atoms with van der Waals surface area (Å²) in [7, 11) is -3.70. The third-order valence-electron chi connectivity index (χ3n) is 5.89. The first-order chi connectivity index (χ1) is 14.7. The van der Waals surface area contributed by atoms with Gasteiger partial charge in [-0.25, -0.2) is 8.42 Å². The Kier molecular flexibility index (Phi) is 7.65. The summed E-state index contributed by atoms with van der Waals surface area (Å²) in [6.45, 7) is 3.84. The highest BCUT2D eigenvalue weighted by atomic mass is 35.5. The van der Waals surface area contributed by atoms with Gasteiger partial charge in [0.1, 0.15) is 6.04 Å². The van der Waals surface area contributed by atoms with Crippen LogP contribution in [0.2, 0.25) is 5.02 Å². The van der Waals surface area contributed by atoms with E-state index < -0.39 is 16.1 Å². The molecule has 168 valence electrons. The van der Waals surface area contributed by atoms with Gasteiger partial charge in [0.2, 0.25) is 15.9 Å².